The Kier molecular flexibility index (Phi) is 7.88. The lowest BCUT2D eigenvalue weighted by molar-refractivity contribution is 0.0922. The van der Waals surface area contributed by atoms with Crippen molar-refractivity contribution < 1.29 is 13.2 Å². The van der Waals surface area contributed by atoms with Gasteiger partial charge in [-0.1, -0.05) is 53.6 Å². The summed E-state index contributed by atoms with van der Waals surface area (Å²) in [5, 5.41) is 3.05. The lowest BCUT2D eigenvalue weighted by atomic mass is 10.0. The highest BCUT2D eigenvalue weighted by molar-refractivity contribution is 7.89. The zero-order valence-electron chi connectivity index (χ0n) is 22.4. The molecule has 1 amide bonds. The molecule has 0 saturated carbocycles. The van der Waals surface area contributed by atoms with Crippen molar-refractivity contribution in [1.82, 2.24) is 14.5 Å². The summed E-state index contributed by atoms with van der Waals surface area (Å²) in [6, 6.07) is 20.9. The fraction of sp³-hybridized carbons (Fsp3) is 0.367. The van der Waals surface area contributed by atoms with E-state index in [2.05, 4.69) is 62.2 Å². The van der Waals surface area contributed by atoms with Crippen LogP contribution in [0.5, 0.6) is 0 Å². The second kappa shape index (κ2) is 10.8. The van der Waals surface area contributed by atoms with Crippen molar-refractivity contribution >= 4 is 15.9 Å². The highest BCUT2D eigenvalue weighted by Gasteiger charge is 2.31. The van der Waals surface area contributed by atoms with E-state index in [0.717, 1.165) is 29.8 Å². The number of carbonyl (C=O) groups excluding carboxylic acids is 1. The van der Waals surface area contributed by atoms with E-state index in [0.29, 0.717) is 18.7 Å². The van der Waals surface area contributed by atoms with Gasteiger partial charge in [-0.2, -0.15) is 4.31 Å². The summed E-state index contributed by atoms with van der Waals surface area (Å²) in [7, 11) is -3.60. The fourth-order valence-electron chi connectivity index (χ4n) is 4.51. The second-order valence-electron chi connectivity index (χ2n) is 10.9. The molecule has 37 heavy (non-hydrogen) atoms. The van der Waals surface area contributed by atoms with Gasteiger partial charge in [0.05, 0.1) is 4.90 Å². The SMILES string of the molecule is Cc1ccc(CN(CCNC(=O)c2ccc3c(c2)CN(S(=O)(=O)c2ccc(C)cc2)C3)C(C)(C)C)cc1. The molecule has 1 aliphatic heterocycles. The van der Waals surface area contributed by atoms with Crippen LogP contribution in [0, 0.1) is 13.8 Å². The van der Waals surface area contributed by atoms with Gasteiger partial charge in [0.1, 0.15) is 0 Å². The van der Waals surface area contributed by atoms with Crippen molar-refractivity contribution in [3.63, 3.8) is 0 Å². The van der Waals surface area contributed by atoms with Gasteiger partial charge in [-0.15, -0.1) is 0 Å². The van der Waals surface area contributed by atoms with Crippen molar-refractivity contribution in [2.45, 2.75) is 64.7 Å². The first-order valence-electron chi connectivity index (χ1n) is 12.7. The predicted molar refractivity (Wildman–Crippen MR) is 148 cm³/mol. The van der Waals surface area contributed by atoms with Crippen LogP contribution in [0.15, 0.2) is 71.6 Å². The maximum absolute atomic E-state index is 13.1. The average Bonchev–Trinajstić information content (AvgIpc) is 3.29. The number of carbonyl (C=O) groups is 1. The van der Waals surface area contributed by atoms with Crippen LogP contribution in [0.2, 0.25) is 0 Å². The van der Waals surface area contributed by atoms with Crippen molar-refractivity contribution in [3.8, 4) is 0 Å². The van der Waals surface area contributed by atoms with Crippen molar-refractivity contribution in [2.24, 2.45) is 0 Å². The van der Waals surface area contributed by atoms with Crippen LogP contribution in [-0.2, 0) is 29.7 Å². The summed E-state index contributed by atoms with van der Waals surface area (Å²) in [4.78, 5) is 15.6. The van der Waals surface area contributed by atoms with Crippen molar-refractivity contribution in [3.05, 3.63) is 100 Å². The Hall–Kier alpha value is -3.00. The smallest absolute Gasteiger partial charge is 0.251 e. The molecule has 3 aromatic carbocycles. The van der Waals surface area contributed by atoms with Gasteiger partial charge in [-0.25, -0.2) is 8.42 Å². The Morgan fingerprint density at radius 2 is 1.49 bits per heavy atom. The molecule has 6 nitrogen and oxygen atoms in total. The lowest BCUT2D eigenvalue weighted by Crippen LogP contribution is -2.45. The third-order valence-electron chi connectivity index (χ3n) is 6.93. The summed E-state index contributed by atoms with van der Waals surface area (Å²) in [6.07, 6.45) is 0. The van der Waals surface area contributed by atoms with Crippen LogP contribution in [0.3, 0.4) is 0 Å². The number of sulfonamides is 1. The number of rotatable bonds is 8. The predicted octanol–water partition coefficient (Wildman–Crippen LogP) is 5.04. The van der Waals surface area contributed by atoms with E-state index in [1.54, 1.807) is 30.3 Å². The maximum atomic E-state index is 13.1. The molecule has 0 fully saturated rings. The van der Waals surface area contributed by atoms with E-state index in [4.69, 9.17) is 0 Å². The molecule has 0 bridgehead atoms. The van der Waals surface area contributed by atoms with Gasteiger partial charge >= 0.3 is 0 Å². The molecule has 0 aromatic heterocycles. The molecule has 0 saturated heterocycles. The normalized spacial score (nSPS) is 14.1. The van der Waals surface area contributed by atoms with Crippen molar-refractivity contribution in [2.75, 3.05) is 13.1 Å². The van der Waals surface area contributed by atoms with E-state index in [1.165, 1.54) is 15.4 Å². The molecule has 1 aliphatic rings. The van der Waals surface area contributed by atoms with Gasteiger partial charge in [0.25, 0.3) is 5.91 Å². The number of nitrogens with one attached hydrogen (secondary N) is 1. The Labute approximate surface area is 221 Å². The fourth-order valence-corrected chi connectivity index (χ4v) is 5.90. The number of aryl methyl sites for hydroxylation is 2. The molecular weight excluding hydrogens is 482 g/mol. The first kappa shape index (κ1) is 27.0. The molecule has 1 N–H and O–H groups in total. The van der Waals surface area contributed by atoms with Crippen LogP contribution in [-0.4, -0.2) is 42.2 Å². The summed E-state index contributed by atoms with van der Waals surface area (Å²) in [6.45, 7) is 13.2. The van der Waals surface area contributed by atoms with Crippen LogP contribution in [0.4, 0.5) is 0 Å². The Morgan fingerprint density at radius 1 is 0.892 bits per heavy atom. The van der Waals surface area contributed by atoms with E-state index >= 15 is 0 Å². The van der Waals surface area contributed by atoms with E-state index in [-0.39, 0.29) is 22.9 Å². The third-order valence-corrected chi connectivity index (χ3v) is 8.74. The molecule has 7 heteroatoms. The number of benzene rings is 3. The maximum Gasteiger partial charge on any atom is 0.251 e. The van der Waals surface area contributed by atoms with E-state index in [1.807, 2.05) is 19.1 Å². The molecule has 196 valence electrons. The minimum absolute atomic E-state index is 0.0460. The summed E-state index contributed by atoms with van der Waals surface area (Å²) >= 11 is 0. The standard InChI is InChI=1S/C30H37N3O3S/c1-22-6-10-24(11-7-22)19-32(30(3,4)5)17-16-31-29(34)25-12-13-26-20-33(21-27(26)18-25)37(35,36)28-14-8-23(2)9-15-28/h6-15,18H,16-17,19-21H2,1-5H3,(H,31,34). The minimum Gasteiger partial charge on any atom is -0.351 e. The van der Waals surface area contributed by atoms with Crippen molar-refractivity contribution in [1.29, 1.82) is 0 Å². The van der Waals surface area contributed by atoms with Gasteiger partial charge in [0.2, 0.25) is 10.0 Å². The molecular formula is C30H37N3O3S. The van der Waals surface area contributed by atoms with E-state index < -0.39 is 10.0 Å². The Bertz CT molecular complexity index is 1360. The highest BCUT2D eigenvalue weighted by atomic mass is 32.2. The lowest BCUT2D eigenvalue weighted by Gasteiger charge is -2.35. The van der Waals surface area contributed by atoms with Gasteiger partial charge in [0, 0.05) is 43.8 Å². The molecule has 0 atom stereocenters. The van der Waals surface area contributed by atoms with Gasteiger partial charge in [-0.05, 0) is 75.6 Å². The number of hydrogen-bond acceptors (Lipinski definition) is 4. The quantitative estimate of drug-likeness (QED) is 0.453. The van der Waals surface area contributed by atoms with Gasteiger partial charge in [0.15, 0.2) is 0 Å². The first-order valence-corrected chi connectivity index (χ1v) is 14.1. The largest absolute Gasteiger partial charge is 0.351 e. The number of nitrogens with zero attached hydrogens (tertiary/aromatic N) is 2. The van der Waals surface area contributed by atoms with Crippen LogP contribution in [0.25, 0.3) is 0 Å². The summed E-state index contributed by atoms with van der Waals surface area (Å²) in [5.74, 6) is -0.146. The number of hydrogen-bond donors (Lipinski definition) is 1. The molecule has 0 radical (unpaired) electrons. The molecule has 0 spiro atoms. The minimum atomic E-state index is -3.60. The average molecular weight is 520 g/mol. The monoisotopic (exact) mass is 519 g/mol. The molecule has 4 rings (SSSR count). The summed E-state index contributed by atoms with van der Waals surface area (Å²) in [5.41, 5.74) is 5.81. The van der Waals surface area contributed by atoms with Crippen LogP contribution in [0.1, 0.15) is 58.9 Å². The number of fused-ring (bicyclic) bond motifs is 1. The van der Waals surface area contributed by atoms with Gasteiger partial charge < -0.3 is 5.32 Å². The zero-order valence-corrected chi connectivity index (χ0v) is 23.2. The topological polar surface area (TPSA) is 69.7 Å². The van der Waals surface area contributed by atoms with Gasteiger partial charge in [-0.3, -0.25) is 9.69 Å². The molecule has 0 unspecified atom stereocenters. The highest BCUT2D eigenvalue weighted by Crippen LogP contribution is 2.29. The van der Waals surface area contributed by atoms with Crippen LogP contribution < -0.4 is 5.32 Å². The third kappa shape index (κ3) is 6.47. The molecule has 3 aromatic rings. The van der Waals surface area contributed by atoms with Crippen LogP contribution >= 0.6 is 0 Å². The van der Waals surface area contributed by atoms with E-state index in [9.17, 15) is 13.2 Å². The number of amides is 1. The Morgan fingerprint density at radius 3 is 2.11 bits per heavy atom. The Balaban J connectivity index is 1.37. The molecule has 1 heterocycles. The zero-order chi connectivity index (χ0) is 26.8. The second-order valence-corrected chi connectivity index (χ2v) is 12.8. The molecule has 0 aliphatic carbocycles. The first-order chi connectivity index (χ1) is 17.4. The summed E-state index contributed by atoms with van der Waals surface area (Å²) < 4.78 is 27.7.